The molecule has 1 atom stereocenters. The van der Waals surface area contributed by atoms with E-state index in [1.54, 1.807) is 0 Å². The Balaban J connectivity index is 1.11. The van der Waals surface area contributed by atoms with E-state index in [1.807, 2.05) is 0 Å². The molecule has 2 aromatic heterocycles. The van der Waals surface area contributed by atoms with Crippen LogP contribution in [-0.4, -0.2) is 9.13 Å². The van der Waals surface area contributed by atoms with Gasteiger partial charge >= 0.3 is 0 Å². The average molecular weight is 563 g/mol. The number of aromatic nitrogens is 2. The summed E-state index contributed by atoms with van der Waals surface area (Å²) in [7, 11) is 0. The molecule has 2 nitrogen and oxygen atoms in total. The van der Waals surface area contributed by atoms with Gasteiger partial charge in [0, 0.05) is 38.3 Å². The van der Waals surface area contributed by atoms with Crippen LogP contribution in [0, 0.1) is 0 Å². The summed E-state index contributed by atoms with van der Waals surface area (Å²) in [6.07, 6.45) is 9.92. The van der Waals surface area contributed by atoms with Gasteiger partial charge in [-0.15, -0.1) is 0 Å². The molecule has 0 bridgehead atoms. The summed E-state index contributed by atoms with van der Waals surface area (Å²) in [5, 5.41) is 5.17. The maximum Gasteiger partial charge on any atom is 0.0560 e. The summed E-state index contributed by atoms with van der Waals surface area (Å²) in [5.41, 5.74) is 11.2. The average Bonchev–Trinajstić information content (AvgIpc) is 3.61. The van der Waals surface area contributed by atoms with E-state index in [2.05, 4.69) is 173 Å². The van der Waals surface area contributed by atoms with Gasteiger partial charge in [-0.3, -0.25) is 0 Å². The Hall–Kier alpha value is -5.60. The van der Waals surface area contributed by atoms with Crippen molar-refractivity contribution < 1.29 is 0 Å². The second kappa shape index (κ2) is 10.00. The maximum absolute atomic E-state index is 2.50. The SMILES string of the molecule is C1=CCC(n2c3ccccc3c3cc(-c4ccc(-c5ccc6c(c5)c5ccccc5n6-c5ccccc5)cc4)ccc32)C=C1. The van der Waals surface area contributed by atoms with E-state index in [-0.39, 0.29) is 0 Å². The molecule has 44 heavy (non-hydrogen) atoms. The fourth-order valence-electron chi connectivity index (χ4n) is 7.16. The lowest BCUT2D eigenvalue weighted by Crippen LogP contribution is -2.06. The molecule has 0 saturated carbocycles. The molecule has 1 aliphatic carbocycles. The summed E-state index contributed by atoms with van der Waals surface area (Å²) in [4.78, 5) is 0. The van der Waals surface area contributed by atoms with Crippen molar-refractivity contribution in [2.75, 3.05) is 0 Å². The molecule has 9 rings (SSSR count). The van der Waals surface area contributed by atoms with E-state index in [0.717, 1.165) is 6.42 Å². The molecule has 0 aliphatic heterocycles. The fraction of sp³-hybridized carbons (Fsp3) is 0.0476. The number of hydrogen-bond acceptors (Lipinski definition) is 0. The van der Waals surface area contributed by atoms with E-state index >= 15 is 0 Å². The van der Waals surface area contributed by atoms with E-state index < -0.39 is 0 Å². The zero-order valence-corrected chi connectivity index (χ0v) is 24.3. The van der Waals surface area contributed by atoms with Gasteiger partial charge in [-0.1, -0.05) is 115 Å². The molecule has 208 valence electrons. The highest BCUT2D eigenvalue weighted by Gasteiger charge is 2.17. The molecule has 0 saturated heterocycles. The molecule has 0 spiro atoms. The quantitative estimate of drug-likeness (QED) is 0.202. The predicted octanol–water partition coefficient (Wildman–Crippen LogP) is 11.3. The minimum Gasteiger partial charge on any atom is -0.333 e. The lowest BCUT2D eigenvalue weighted by Gasteiger charge is -2.18. The van der Waals surface area contributed by atoms with Crippen LogP contribution in [0.1, 0.15) is 12.5 Å². The fourth-order valence-corrected chi connectivity index (χ4v) is 7.16. The number of fused-ring (bicyclic) bond motifs is 6. The van der Waals surface area contributed by atoms with Crippen molar-refractivity contribution in [3.8, 4) is 27.9 Å². The summed E-state index contributed by atoms with van der Waals surface area (Å²) >= 11 is 0. The lowest BCUT2D eigenvalue weighted by molar-refractivity contribution is 0.648. The molecular formula is C42H30N2. The normalized spacial score (nSPS) is 14.8. The smallest absolute Gasteiger partial charge is 0.0560 e. The Morgan fingerprint density at radius 2 is 0.955 bits per heavy atom. The highest BCUT2D eigenvalue weighted by atomic mass is 15.0. The van der Waals surface area contributed by atoms with Crippen LogP contribution < -0.4 is 0 Å². The molecule has 1 unspecified atom stereocenters. The summed E-state index contributed by atoms with van der Waals surface area (Å²) < 4.78 is 4.87. The number of allylic oxidation sites excluding steroid dienone is 4. The number of para-hydroxylation sites is 3. The molecule has 0 radical (unpaired) electrons. The van der Waals surface area contributed by atoms with Gasteiger partial charge in [-0.25, -0.2) is 0 Å². The Bertz CT molecular complexity index is 2400. The maximum atomic E-state index is 2.50. The minimum atomic E-state index is 0.339. The van der Waals surface area contributed by atoms with Crippen LogP contribution in [0.5, 0.6) is 0 Å². The summed E-state index contributed by atoms with van der Waals surface area (Å²) in [6, 6.07) is 51.4. The first-order chi connectivity index (χ1) is 21.8. The zero-order valence-electron chi connectivity index (χ0n) is 24.3. The first kappa shape index (κ1) is 24.9. The van der Waals surface area contributed by atoms with Crippen LogP contribution in [0.25, 0.3) is 71.6 Å². The largest absolute Gasteiger partial charge is 0.333 e. The van der Waals surface area contributed by atoms with Gasteiger partial charge in [0.2, 0.25) is 0 Å². The molecule has 0 fully saturated rings. The Morgan fingerprint density at radius 1 is 0.432 bits per heavy atom. The predicted molar refractivity (Wildman–Crippen MR) is 187 cm³/mol. The second-order valence-corrected chi connectivity index (χ2v) is 11.7. The third-order valence-electron chi connectivity index (χ3n) is 9.24. The topological polar surface area (TPSA) is 9.86 Å². The molecule has 0 N–H and O–H groups in total. The van der Waals surface area contributed by atoms with E-state index in [9.17, 15) is 0 Å². The Kier molecular flexibility index (Phi) is 5.67. The highest BCUT2D eigenvalue weighted by molar-refractivity contribution is 6.11. The molecular weight excluding hydrogens is 532 g/mol. The number of benzene rings is 6. The lowest BCUT2D eigenvalue weighted by atomic mass is 9.98. The van der Waals surface area contributed by atoms with Crippen LogP contribution in [0.2, 0.25) is 0 Å². The molecule has 6 aromatic carbocycles. The molecule has 2 heterocycles. The van der Waals surface area contributed by atoms with E-state index in [0.29, 0.717) is 6.04 Å². The van der Waals surface area contributed by atoms with Gasteiger partial charge < -0.3 is 9.13 Å². The van der Waals surface area contributed by atoms with Gasteiger partial charge in [-0.05, 0) is 77.2 Å². The van der Waals surface area contributed by atoms with Crippen LogP contribution >= 0.6 is 0 Å². The highest BCUT2D eigenvalue weighted by Crippen LogP contribution is 2.38. The summed E-state index contributed by atoms with van der Waals surface area (Å²) in [6.45, 7) is 0. The zero-order chi connectivity index (χ0) is 29.0. The number of hydrogen-bond donors (Lipinski definition) is 0. The monoisotopic (exact) mass is 562 g/mol. The van der Waals surface area contributed by atoms with Crippen LogP contribution in [0.3, 0.4) is 0 Å². The summed E-state index contributed by atoms with van der Waals surface area (Å²) in [5.74, 6) is 0. The van der Waals surface area contributed by atoms with Crippen molar-refractivity contribution in [2.45, 2.75) is 12.5 Å². The van der Waals surface area contributed by atoms with Crippen molar-refractivity contribution in [1.82, 2.24) is 9.13 Å². The van der Waals surface area contributed by atoms with Crippen molar-refractivity contribution >= 4 is 43.6 Å². The molecule has 2 heteroatoms. The molecule has 0 amide bonds. The van der Waals surface area contributed by atoms with Gasteiger partial charge in [0.25, 0.3) is 0 Å². The van der Waals surface area contributed by atoms with Crippen molar-refractivity contribution in [2.24, 2.45) is 0 Å². The Labute approximate surface area is 256 Å². The van der Waals surface area contributed by atoms with E-state index in [1.165, 1.54) is 71.6 Å². The van der Waals surface area contributed by atoms with Gasteiger partial charge in [0.1, 0.15) is 0 Å². The van der Waals surface area contributed by atoms with Crippen molar-refractivity contribution in [1.29, 1.82) is 0 Å². The van der Waals surface area contributed by atoms with E-state index in [4.69, 9.17) is 0 Å². The first-order valence-corrected chi connectivity index (χ1v) is 15.4. The third-order valence-corrected chi connectivity index (χ3v) is 9.24. The van der Waals surface area contributed by atoms with Crippen LogP contribution in [-0.2, 0) is 0 Å². The third kappa shape index (κ3) is 3.88. The van der Waals surface area contributed by atoms with Crippen LogP contribution in [0.4, 0.5) is 0 Å². The number of rotatable bonds is 4. The number of nitrogens with zero attached hydrogens (tertiary/aromatic N) is 2. The van der Waals surface area contributed by atoms with Gasteiger partial charge in [-0.2, -0.15) is 0 Å². The van der Waals surface area contributed by atoms with Crippen molar-refractivity contribution in [3.05, 3.63) is 164 Å². The second-order valence-electron chi connectivity index (χ2n) is 11.7. The standard InChI is InChI=1S/C42H30N2/c1-3-11-33(12-4-1)43-39-17-9-7-15-35(39)37-27-31(23-25-41(37)43)29-19-21-30(22-20-29)32-24-26-42-38(28-32)36-16-8-10-18-40(36)44(42)34-13-5-2-6-14-34/h1-13,15-28,34H,14H2. The first-order valence-electron chi connectivity index (χ1n) is 15.4. The Morgan fingerprint density at radius 3 is 1.64 bits per heavy atom. The van der Waals surface area contributed by atoms with Gasteiger partial charge in [0.05, 0.1) is 17.1 Å². The van der Waals surface area contributed by atoms with Crippen molar-refractivity contribution in [3.63, 3.8) is 0 Å². The minimum absolute atomic E-state index is 0.339. The van der Waals surface area contributed by atoms with Crippen LogP contribution in [0.15, 0.2) is 164 Å². The van der Waals surface area contributed by atoms with Gasteiger partial charge in [0.15, 0.2) is 0 Å². The molecule has 1 aliphatic rings. The molecule has 8 aromatic rings.